The fourth-order valence-electron chi connectivity index (χ4n) is 5.09. The summed E-state index contributed by atoms with van der Waals surface area (Å²) in [4.78, 5) is 28.7. The molecule has 2 heterocycles. The second kappa shape index (κ2) is 11.5. The Bertz CT molecular complexity index is 764. The first-order valence-corrected chi connectivity index (χ1v) is 12.0. The lowest BCUT2D eigenvalue weighted by Crippen LogP contribution is -2.19. The van der Waals surface area contributed by atoms with E-state index >= 15 is 0 Å². The number of carbonyl (C=O) groups is 2. The van der Waals surface area contributed by atoms with Gasteiger partial charge < -0.3 is 14.8 Å². The Morgan fingerprint density at radius 2 is 1.97 bits per heavy atom. The van der Waals surface area contributed by atoms with Crippen molar-refractivity contribution in [3.8, 4) is 5.88 Å². The number of rotatable bonds is 11. The van der Waals surface area contributed by atoms with E-state index in [-0.39, 0.29) is 17.8 Å². The molecule has 3 unspecified atom stereocenters. The number of amides is 1. The van der Waals surface area contributed by atoms with Gasteiger partial charge >= 0.3 is 5.97 Å². The number of nitrogens with one attached hydrogen (secondary N) is 1. The van der Waals surface area contributed by atoms with E-state index in [9.17, 15) is 9.59 Å². The van der Waals surface area contributed by atoms with Crippen molar-refractivity contribution in [1.82, 2.24) is 4.98 Å². The maximum Gasteiger partial charge on any atom is 0.305 e. The third-order valence-corrected chi connectivity index (χ3v) is 6.82. The predicted octanol–water partition coefficient (Wildman–Crippen LogP) is 5.53. The number of esters is 1. The SMILES string of the molecule is CCCCOc1cc2c(c(C)n1)NC(=O)C2CCCCC1CCCC(CC(=O)OC)C1. The van der Waals surface area contributed by atoms with Gasteiger partial charge in [-0.2, -0.15) is 0 Å². The average molecular weight is 431 g/mol. The maximum atomic E-state index is 12.6. The smallest absolute Gasteiger partial charge is 0.305 e. The van der Waals surface area contributed by atoms with Crippen molar-refractivity contribution in [1.29, 1.82) is 0 Å². The molecule has 1 amide bonds. The van der Waals surface area contributed by atoms with Crippen molar-refractivity contribution in [2.45, 2.75) is 90.4 Å². The molecule has 6 nitrogen and oxygen atoms in total. The lowest BCUT2D eigenvalue weighted by Gasteiger charge is -2.28. The molecule has 1 aliphatic heterocycles. The lowest BCUT2D eigenvalue weighted by atomic mass is 9.77. The van der Waals surface area contributed by atoms with E-state index in [0.29, 0.717) is 30.7 Å². The molecule has 1 aromatic rings. The Morgan fingerprint density at radius 1 is 1.19 bits per heavy atom. The van der Waals surface area contributed by atoms with Crippen molar-refractivity contribution in [3.05, 3.63) is 17.3 Å². The van der Waals surface area contributed by atoms with Gasteiger partial charge in [0.05, 0.1) is 31.0 Å². The van der Waals surface area contributed by atoms with Crippen molar-refractivity contribution in [2.75, 3.05) is 19.0 Å². The van der Waals surface area contributed by atoms with E-state index in [1.165, 1.54) is 26.4 Å². The largest absolute Gasteiger partial charge is 0.478 e. The van der Waals surface area contributed by atoms with Crippen molar-refractivity contribution < 1.29 is 19.1 Å². The van der Waals surface area contributed by atoms with Crippen LogP contribution in [0.2, 0.25) is 0 Å². The summed E-state index contributed by atoms with van der Waals surface area (Å²) in [5.74, 6) is 1.69. The Kier molecular flexibility index (Phi) is 8.73. The molecular weight excluding hydrogens is 392 g/mol. The second-order valence-electron chi connectivity index (χ2n) is 9.22. The van der Waals surface area contributed by atoms with E-state index in [2.05, 4.69) is 17.2 Å². The number of hydrogen-bond donors (Lipinski definition) is 1. The summed E-state index contributed by atoms with van der Waals surface area (Å²) in [6, 6.07) is 1.96. The van der Waals surface area contributed by atoms with Crippen molar-refractivity contribution in [3.63, 3.8) is 0 Å². The number of carbonyl (C=O) groups excluding carboxylic acids is 2. The van der Waals surface area contributed by atoms with Gasteiger partial charge in [0.15, 0.2) is 0 Å². The van der Waals surface area contributed by atoms with Crippen LogP contribution in [-0.2, 0) is 14.3 Å². The maximum absolute atomic E-state index is 12.6. The van der Waals surface area contributed by atoms with Gasteiger partial charge in [0.1, 0.15) is 0 Å². The number of anilines is 1. The third-order valence-electron chi connectivity index (χ3n) is 6.82. The van der Waals surface area contributed by atoms with Crippen molar-refractivity contribution in [2.24, 2.45) is 11.8 Å². The fourth-order valence-corrected chi connectivity index (χ4v) is 5.09. The molecule has 3 rings (SSSR count). The molecule has 2 aliphatic rings. The van der Waals surface area contributed by atoms with Crippen LogP contribution in [0, 0.1) is 18.8 Å². The predicted molar refractivity (Wildman–Crippen MR) is 121 cm³/mol. The topological polar surface area (TPSA) is 77.5 Å². The second-order valence-corrected chi connectivity index (χ2v) is 9.22. The minimum Gasteiger partial charge on any atom is -0.478 e. The number of hydrogen-bond acceptors (Lipinski definition) is 5. The van der Waals surface area contributed by atoms with Gasteiger partial charge in [-0.05, 0) is 50.0 Å². The average Bonchev–Trinajstić information content (AvgIpc) is 3.07. The van der Waals surface area contributed by atoms with Gasteiger partial charge in [-0.25, -0.2) is 4.98 Å². The highest BCUT2D eigenvalue weighted by molar-refractivity contribution is 6.03. The molecule has 1 fully saturated rings. The van der Waals surface area contributed by atoms with Crippen LogP contribution in [0.1, 0.15) is 94.7 Å². The van der Waals surface area contributed by atoms with E-state index in [0.717, 1.165) is 61.9 Å². The zero-order chi connectivity index (χ0) is 22.2. The molecule has 1 N–H and O–H groups in total. The minimum atomic E-state index is -0.108. The summed E-state index contributed by atoms with van der Waals surface area (Å²) in [7, 11) is 1.47. The normalized spacial score (nSPS) is 22.7. The van der Waals surface area contributed by atoms with Crippen LogP contribution < -0.4 is 10.1 Å². The number of methoxy groups -OCH3 is 1. The standard InChI is InChI=1S/C25H38N2O4/c1-4-5-13-31-22-16-21-20(25(29)27-24(21)17(2)26-22)12-7-6-9-18-10-8-11-19(14-18)15-23(28)30-3/h16,18-20H,4-15H2,1-3H3,(H,27,29). The molecule has 0 aromatic carbocycles. The summed E-state index contributed by atoms with van der Waals surface area (Å²) in [5, 5.41) is 3.03. The molecule has 1 aliphatic carbocycles. The molecule has 0 bridgehead atoms. The van der Waals surface area contributed by atoms with E-state index in [4.69, 9.17) is 9.47 Å². The number of nitrogens with zero attached hydrogens (tertiary/aromatic N) is 1. The summed E-state index contributed by atoms with van der Waals surface area (Å²) in [6.45, 7) is 4.73. The summed E-state index contributed by atoms with van der Waals surface area (Å²) < 4.78 is 10.6. The van der Waals surface area contributed by atoms with Crippen LogP contribution in [-0.4, -0.2) is 30.6 Å². The van der Waals surface area contributed by atoms with Crippen molar-refractivity contribution >= 4 is 17.6 Å². The zero-order valence-electron chi connectivity index (χ0n) is 19.4. The molecule has 31 heavy (non-hydrogen) atoms. The molecule has 0 saturated heterocycles. The number of fused-ring (bicyclic) bond motifs is 1. The number of aryl methyl sites for hydroxylation is 1. The Labute approximate surface area is 186 Å². The van der Waals surface area contributed by atoms with Crippen LogP contribution >= 0.6 is 0 Å². The number of ether oxygens (including phenoxy) is 2. The minimum absolute atomic E-state index is 0.0839. The Morgan fingerprint density at radius 3 is 2.74 bits per heavy atom. The summed E-state index contributed by atoms with van der Waals surface area (Å²) in [6.07, 6.45) is 11.6. The Hall–Kier alpha value is -2.11. The van der Waals surface area contributed by atoms with Gasteiger partial charge in [-0.3, -0.25) is 9.59 Å². The quantitative estimate of drug-likeness (QED) is 0.369. The van der Waals surface area contributed by atoms with E-state index in [1.54, 1.807) is 0 Å². The first kappa shape index (κ1) is 23.6. The van der Waals surface area contributed by atoms with Gasteiger partial charge in [-0.15, -0.1) is 0 Å². The van der Waals surface area contributed by atoms with Crippen LogP contribution in [0.5, 0.6) is 5.88 Å². The molecule has 6 heteroatoms. The summed E-state index contributed by atoms with van der Waals surface area (Å²) >= 11 is 0. The third kappa shape index (κ3) is 6.44. The highest BCUT2D eigenvalue weighted by Crippen LogP contribution is 2.40. The molecule has 172 valence electrons. The number of pyridine rings is 1. The van der Waals surface area contributed by atoms with Gasteiger partial charge in [0, 0.05) is 12.5 Å². The lowest BCUT2D eigenvalue weighted by molar-refractivity contribution is -0.142. The molecule has 0 spiro atoms. The van der Waals surface area contributed by atoms with Crippen LogP contribution in [0.3, 0.4) is 0 Å². The zero-order valence-corrected chi connectivity index (χ0v) is 19.4. The van der Waals surface area contributed by atoms with Gasteiger partial charge in [0.25, 0.3) is 0 Å². The molecular formula is C25H38N2O4. The molecule has 3 atom stereocenters. The molecule has 1 aromatic heterocycles. The fraction of sp³-hybridized carbons (Fsp3) is 0.720. The Balaban J connectivity index is 1.49. The van der Waals surface area contributed by atoms with Crippen LogP contribution in [0.25, 0.3) is 0 Å². The monoisotopic (exact) mass is 430 g/mol. The first-order chi connectivity index (χ1) is 15.0. The molecule has 1 saturated carbocycles. The first-order valence-electron chi connectivity index (χ1n) is 12.0. The summed E-state index contributed by atoms with van der Waals surface area (Å²) in [5.41, 5.74) is 2.74. The number of unbranched alkanes of at least 4 members (excludes halogenated alkanes) is 2. The van der Waals surface area contributed by atoms with Gasteiger partial charge in [-0.1, -0.05) is 45.4 Å². The van der Waals surface area contributed by atoms with E-state index in [1.807, 2.05) is 13.0 Å². The van der Waals surface area contributed by atoms with Crippen LogP contribution in [0.15, 0.2) is 6.07 Å². The highest BCUT2D eigenvalue weighted by atomic mass is 16.5. The molecule has 0 radical (unpaired) electrons. The van der Waals surface area contributed by atoms with Crippen LogP contribution in [0.4, 0.5) is 5.69 Å². The van der Waals surface area contributed by atoms with E-state index < -0.39 is 0 Å². The number of aromatic nitrogens is 1. The van der Waals surface area contributed by atoms with Gasteiger partial charge in [0.2, 0.25) is 11.8 Å². The highest BCUT2D eigenvalue weighted by Gasteiger charge is 2.32.